The van der Waals surface area contributed by atoms with E-state index in [0.29, 0.717) is 12.1 Å². The van der Waals surface area contributed by atoms with Gasteiger partial charge in [-0.3, -0.25) is 9.89 Å². The van der Waals surface area contributed by atoms with Crippen LogP contribution in [0.3, 0.4) is 0 Å². The summed E-state index contributed by atoms with van der Waals surface area (Å²) in [6.45, 7) is 0. The molecule has 0 fully saturated rings. The first-order chi connectivity index (χ1) is 8.74. The van der Waals surface area contributed by atoms with Gasteiger partial charge in [0, 0.05) is 12.1 Å². The molecule has 3 aromatic heterocycles. The number of aromatic nitrogens is 5. The Morgan fingerprint density at radius 3 is 3.17 bits per heavy atom. The number of hydrogen-bond acceptors (Lipinski definition) is 2. The Hall–Kier alpha value is -2.57. The van der Waals surface area contributed by atoms with E-state index in [9.17, 15) is 4.79 Å². The molecular formula is C11H12N5O2+. The molecule has 0 unspecified atom stereocenters. The lowest BCUT2D eigenvalue weighted by atomic mass is 10.1. The zero-order valence-corrected chi connectivity index (χ0v) is 9.47. The highest BCUT2D eigenvalue weighted by Gasteiger charge is 2.15. The summed E-state index contributed by atoms with van der Waals surface area (Å²) >= 11 is 0. The second-order valence-electron chi connectivity index (χ2n) is 4.10. The summed E-state index contributed by atoms with van der Waals surface area (Å²) in [4.78, 5) is 13.9. The molecule has 0 radical (unpaired) electrons. The maximum absolute atomic E-state index is 10.7. The quantitative estimate of drug-likeness (QED) is 0.488. The van der Waals surface area contributed by atoms with Crippen molar-refractivity contribution in [3.8, 4) is 0 Å². The number of hydrogen-bond donors (Lipinski definition) is 4. The monoisotopic (exact) mass is 246 g/mol. The average molecular weight is 246 g/mol. The summed E-state index contributed by atoms with van der Waals surface area (Å²) in [5.41, 5.74) is 3.58. The topological polar surface area (TPSA) is 102 Å². The van der Waals surface area contributed by atoms with Crippen LogP contribution in [-0.2, 0) is 17.6 Å². The third-order valence-corrected chi connectivity index (χ3v) is 2.88. The highest BCUT2D eigenvalue weighted by atomic mass is 16.4. The van der Waals surface area contributed by atoms with Crippen molar-refractivity contribution in [2.24, 2.45) is 0 Å². The van der Waals surface area contributed by atoms with Crippen molar-refractivity contribution in [3.05, 3.63) is 41.6 Å². The number of nitrogens with one attached hydrogen (secondary N) is 3. The van der Waals surface area contributed by atoms with E-state index in [2.05, 4.69) is 20.3 Å². The minimum atomic E-state index is -0.867. The third kappa shape index (κ3) is 1.75. The van der Waals surface area contributed by atoms with Crippen LogP contribution in [0, 0.1) is 0 Å². The Bertz CT molecular complexity index is 693. The van der Waals surface area contributed by atoms with Crippen LogP contribution in [0.4, 0.5) is 0 Å². The van der Waals surface area contributed by atoms with Gasteiger partial charge in [0.15, 0.2) is 6.20 Å². The lowest BCUT2D eigenvalue weighted by molar-refractivity contribution is -0.575. The van der Waals surface area contributed by atoms with Crippen molar-refractivity contribution in [2.45, 2.75) is 12.8 Å². The van der Waals surface area contributed by atoms with Crippen LogP contribution in [0.15, 0.2) is 24.8 Å². The lowest BCUT2D eigenvalue weighted by Crippen LogP contribution is -2.18. The van der Waals surface area contributed by atoms with Crippen molar-refractivity contribution >= 4 is 11.6 Å². The third-order valence-electron chi connectivity index (χ3n) is 2.88. The molecule has 92 valence electrons. The van der Waals surface area contributed by atoms with Crippen LogP contribution in [0.25, 0.3) is 5.65 Å². The fraction of sp³-hybridized carbons (Fsp3) is 0.182. The molecule has 3 aromatic rings. The van der Waals surface area contributed by atoms with Crippen molar-refractivity contribution in [3.63, 3.8) is 0 Å². The minimum absolute atomic E-state index is 0.0409. The van der Waals surface area contributed by atoms with Gasteiger partial charge < -0.3 is 5.11 Å². The molecule has 0 amide bonds. The van der Waals surface area contributed by atoms with Crippen LogP contribution in [0.5, 0.6) is 0 Å². The zero-order valence-electron chi connectivity index (χ0n) is 9.47. The van der Waals surface area contributed by atoms with Crippen LogP contribution in [0.2, 0.25) is 0 Å². The number of imidazole rings is 1. The zero-order chi connectivity index (χ0) is 12.5. The molecule has 7 nitrogen and oxygen atoms in total. The van der Waals surface area contributed by atoms with E-state index in [1.165, 1.54) is 0 Å². The average Bonchev–Trinajstić information content (AvgIpc) is 2.97. The summed E-state index contributed by atoms with van der Waals surface area (Å²) in [6, 6.07) is 0. The molecule has 4 N–H and O–H groups in total. The van der Waals surface area contributed by atoms with E-state index >= 15 is 0 Å². The maximum atomic E-state index is 10.7. The number of aromatic amines is 3. The molecule has 0 aliphatic carbocycles. The first-order valence-corrected chi connectivity index (χ1v) is 5.52. The van der Waals surface area contributed by atoms with Crippen molar-refractivity contribution in [1.29, 1.82) is 0 Å². The fourth-order valence-corrected chi connectivity index (χ4v) is 2.04. The van der Waals surface area contributed by atoms with Gasteiger partial charge in [0.1, 0.15) is 6.20 Å². The Morgan fingerprint density at radius 2 is 2.33 bits per heavy atom. The van der Waals surface area contributed by atoms with Gasteiger partial charge in [-0.1, -0.05) is 0 Å². The molecule has 0 saturated carbocycles. The molecule has 7 heteroatoms. The molecule has 0 aromatic carbocycles. The van der Waals surface area contributed by atoms with Crippen molar-refractivity contribution in [2.75, 3.05) is 0 Å². The fourth-order valence-electron chi connectivity index (χ4n) is 2.04. The van der Waals surface area contributed by atoms with Gasteiger partial charge >= 0.3 is 11.6 Å². The number of carbonyl (C=O) groups is 1. The Balaban J connectivity index is 1.91. The molecule has 0 atom stereocenters. The second-order valence-corrected chi connectivity index (χ2v) is 4.10. The molecule has 0 saturated heterocycles. The predicted octanol–water partition coefficient (Wildman–Crippen LogP) is 0.0225. The summed E-state index contributed by atoms with van der Waals surface area (Å²) in [5.74, 6) is -0.867. The van der Waals surface area contributed by atoms with Gasteiger partial charge in [-0.25, -0.2) is 10.1 Å². The maximum Gasteiger partial charge on any atom is 0.309 e. The van der Waals surface area contributed by atoms with Crippen LogP contribution >= 0.6 is 0 Å². The second kappa shape index (κ2) is 4.02. The van der Waals surface area contributed by atoms with Gasteiger partial charge in [0.05, 0.1) is 24.4 Å². The number of carboxylic acid groups (broad SMARTS) is 1. The number of H-pyrrole nitrogens is 3. The Kier molecular flexibility index (Phi) is 2.36. The first-order valence-electron chi connectivity index (χ1n) is 5.52. The Morgan fingerprint density at radius 1 is 1.44 bits per heavy atom. The summed E-state index contributed by atoms with van der Waals surface area (Å²) in [7, 11) is 0. The SMILES string of the molecule is O=C(O)Cc1[nH]ncc1Cc1c[nH][n+]2cc[nH]c12. The summed E-state index contributed by atoms with van der Waals surface area (Å²) in [5, 5.41) is 18.5. The largest absolute Gasteiger partial charge is 0.481 e. The smallest absolute Gasteiger partial charge is 0.309 e. The first kappa shape index (κ1) is 10.6. The van der Waals surface area contributed by atoms with Crippen molar-refractivity contribution in [1.82, 2.24) is 20.3 Å². The van der Waals surface area contributed by atoms with Gasteiger partial charge in [0.2, 0.25) is 0 Å². The molecular weight excluding hydrogens is 234 g/mol. The molecule has 0 spiro atoms. The predicted molar refractivity (Wildman–Crippen MR) is 61.0 cm³/mol. The highest BCUT2D eigenvalue weighted by molar-refractivity contribution is 5.70. The summed E-state index contributed by atoms with van der Waals surface area (Å²) in [6.07, 6.45) is 7.87. The van der Waals surface area contributed by atoms with E-state index in [1.807, 2.05) is 23.1 Å². The van der Waals surface area contributed by atoms with E-state index < -0.39 is 5.97 Å². The van der Waals surface area contributed by atoms with Gasteiger partial charge in [0.25, 0.3) is 0 Å². The van der Waals surface area contributed by atoms with Gasteiger partial charge in [-0.05, 0) is 5.56 Å². The van der Waals surface area contributed by atoms with Gasteiger partial charge in [-0.15, -0.1) is 4.52 Å². The van der Waals surface area contributed by atoms with Gasteiger partial charge in [-0.2, -0.15) is 5.10 Å². The number of rotatable bonds is 4. The lowest BCUT2D eigenvalue weighted by Gasteiger charge is -1.97. The molecule has 0 bridgehead atoms. The highest BCUT2D eigenvalue weighted by Crippen LogP contribution is 2.14. The van der Waals surface area contributed by atoms with E-state index in [4.69, 9.17) is 5.11 Å². The van der Waals surface area contributed by atoms with Crippen molar-refractivity contribution < 1.29 is 14.4 Å². The molecule has 0 aliphatic heterocycles. The van der Waals surface area contributed by atoms with Crippen LogP contribution < -0.4 is 4.52 Å². The molecule has 0 aliphatic rings. The van der Waals surface area contributed by atoms with Crippen LogP contribution in [0.1, 0.15) is 16.8 Å². The Labute approximate surface area is 101 Å². The minimum Gasteiger partial charge on any atom is -0.481 e. The van der Waals surface area contributed by atoms with E-state index in [0.717, 1.165) is 16.8 Å². The normalized spacial score (nSPS) is 11.1. The molecule has 18 heavy (non-hydrogen) atoms. The van der Waals surface area contributed by atoms with Crippen LogP contribution in [-0.4, -0.2) is 31.4 Å². The van der Waals surface area contributed by atoms with E-state index in [1.54, 1.807) is 6.20 Å². The number of aliphatic carboxylic acids is 1. The summed E-state index contributed by atoms with van der Waals surface area (Å²) < 4.78 is 1.87. The standard InChI is InChI=1S/C11H11N5O2/c17-10(18)4-9-7(5-13-15-9)3-8-6-14-16-2-1-12-11(8)16/h1-2,5-6H,3-4H2,(H3,12,13,14,15,17,18)/p+1. The number of carboxylic acids is 1. The number of nitrogens with zero attached hydrogens (tertiary/aromatic N) is 2. The molecule has 3 rings (SSSR count). The van der Waals surface area contributed by atoms with E-state index in [-0.39, 0.29) is 6.42 Å². The molecule has 3 heterocycles. The number of fused-ring (bicyclic) bond motifs is 1.